The van der Waals surface area contributed by atoms with Crippen molar-refractivity contribution in [2.45, 2.75) is 0 Å². The molecule has 4 rings (SSSR count). The van der Waals surface area contributed by atoms with Crippen LogP contribution in [0, 0.1) is 0 Å². The van der Waals surface area contributed by atoms with Crippen LogP contribution in [0.4, 0.5) is 5.95 Å². The van der Waals surface area contributed by atoms with Crippen molar-refractivity contribution in [2.24, 2.45) is 5.10 Å². The summed E-state index contributed by atoms with van der Waals surface area (Å²) < 4.78 is 13.6. The minimum absolute atomic E-state index is 0.302. The Morgan fingerprint density at radius 1 is 1.04 bits per heavy atom. The first-order valence-electron chi connectivity index (χ1n) is 8.52. The highest BCUT2D eigenvalue weighted by Crippen LogP contribution is 2.25. The Bertz CT molecular complexity index is 1110. The second kappa shape index (κ2) is 7.74. The van der Waals surface area contributed by atoms with Crippen LogP contribution >= 0.6 is 15.9 Å². The monoisotopic (exact) mass is 436 g/mol. The van der Waals surface area contributed by atoms with E-state index in [-0.39, 0.29) is 0 Å². The predicted molar refractivity (Wildman–Crippen MR) is 113 cm³/mol. The van der Waals surface area contributed by atoms with Crippen molar-refractivity contribution < 1.29 is 9.15 Å². The van der Waals surface area contributed by atoms with Crippen LogP contribution in [-0.4, -0.2) is 23.0 Å². The van der Waals surface area contributed by atoms with Crippen molar-refractivity contribution in [2.75, 3.05) is 12.8 Å². The van der Waals surface area contributed by atoms with Crippen molar-refractivity contribution >= 4 is 28.1 Å². The third-order valence-electron chi connectivity index (χ3n) is 4.21. The third-order valence-corrected chi connectivity index (χ3v) is 4.73. The summed E-state index contributed by atoms with van der Waals surface area (Å²) in [6, 6.07) is 19.3. The molecular weight excluding hydrogens is 420 g/mol. The van der Waals surface area contributed by atoms with Crippen molar-refractivity contribution in [1.29, 1.82) is 0 Å². The highest BCUT2D eigenvalue weighted by atomic mass is 79.9. The minimum atomic E-state index is 0.302. The maximum atomic E-state index is 5.98. The van der Waals surface area contributed by atoms with Crippen LogP contribution in [0.1, 0.15) is 5.76 Å². The number of anilines is 1. The molecule has 0 saturated carbocycles. The van der Waals surface area contributed by atoms with Crippen LogP contribution in [-0.2, 0) is 0 Å². The van der Waals surface area contributed by atoms with Gasteiger partial charge in [0.1, 0.15) is 17.3 Å². The van der Waals surface area contributed by atoms with Crippen LogP contribution in [0.5, 0.6) is 5.75 Å². The summed E-state index contributed by atoms with van der Waals surface area (Å²) >= 11 is 3.44. The molecule has 0 bridgehead atoms. The lowest BCUT2D eigenvalue weighted by atomic mass is 10.2. The van der Waals surface area contributed by atoms with E-state index in [0.29, 0.717) is 11.7 Å². The number of imidazole rings is 1. The highest BCUT2D eigenvalue weighted by molar-refractivity contribution is 9.10. The summed E-state index contributed by atoms with van der Waals surface area (Å²) in [6.07, 6.45) is 3.31. The van der Waals surface area contributed by atoms with Crippen molar-refractivity contribution in [1.82, 2.24) is 9.66 Å². The van der Waals surface area contributed by atoms with Gasteiger partial charge in [-0.25, -0.2) is 4.98 Å². The van der Waals surface area contributed by atoms with Crippen molar-refractivity contribution in [3.05, 3.63) is 77.1 Å². The van der Waals surface area contributed by atoms with Gasteiger partial charge in [0.05, 0.1) is 25.2 Å². The highest BCUT2D eigenvalue weighted by Gasteiger charge is 2.09. The molecule has 4 aromatic rings. The molecule has 0 aliphatic rings. The van der Waals surface area contributed by atoms with Gasteiger partial charge < -0.3 is 14.9 Å². The molecule has 0 aliphatic heterocycles. The van der Waals surface area contributed by atoms with Gasteiger partial charge in [0.2, 0.25) is 5.95 Å². The molecule has 2 aromatic carbocycles. The van der Waals surface area contributed by atoms with E-state index in [9.17, 15) is 0 Å². The number of nitrogen functional groups attached to an aromatic ring is 1. The number of methoxy groups -OCH3 is 1. The molecule has 0 unspecified atom stereocenters. The topological polar surface area (TPSA) is 78.6 Å². The zero-order valence-corrected chi connectivity index (χ0v) is 16.6. The molecule has 0 spiro atoms. The molecule has 28 heavy (non-hydrogen) atoms. The number of halogens is 1. The minimum Gasteiger partial charge on any atom is -0.497 e. The summed E-state index contributed by atoms with van der Waals surface area (Å²) in [5.41, 5.74) is 8.70. The fourth-order valence-corrected chi connectivity index (χ4v) is 3.01. The summed E-state index contributed by atoms with van der Waals surface area (Å²) in [4.78, 5) is 4.17. The van der Waals surface area contributed by atoms with Gasteiger partial charge in [-0.3, -0.25) is 0 Å². The number of rotatable bonds is 5. The lowest BCUT2D eigenvalue weighted by Gasteiger charge is -2.04. The van der Waals surface area contributed by atoms with E-state index in [0.717, 1.165) is 32.8 Å². The zero-order chi connectivity index (χ0) is 19.5. The Morgan fingerprint density at radius 2 is 1.75 bits per heavy atom. The number of ether oxygens (including phenoxy) is 1. The van der Waals surface area contributed by atoms with Gasteiger partial charge >= 0.3 is 0 Å². The lowest BCUT2D eigenvalue weighted by molar-refractivity contribution is 0.415. The molecule has 7 heteroatoms. The summed E-state index contributed by atoms with van der Waals surface area (Å²) in [5, 5.41) is 4.45. The second-order valence-electron chi connectivity index (χ2n) is 6.00. The van der Waals surface area contributed by atoms with Gasteiger partial charge in [0.15, 0.2) is 0 Å². The van der Waals surface area contributed by atoms with E-state index in [1.165, 1.54) is 0 Å². The Hall–Kier alpha value is -3.32. The number of hydrogen-bond acceptors (Lipinski definition) is 5. The largest absolute Gasteiger partial charge is 0.497 e. The molecule has 0 aliphatic carbocycles. The number of aromatic nitrogens is 2. The predicted octanol–water partition coefficient (Wildman–Crippen LogP) is 5.05. The van der Waals surface area contributed by atoms with Gasteiger partial charge in [0, 0.05) is 15.6 Å². The van der Waals surface area contributed by atoms with E-state index in [2.05, 4.69) is 26.0 Å². The SMILES string of the molecule is COc1ccc(-c2ccc(C=Nn3c(-c4ccc(Br)cc4)cnc3N)o2)cc1. The maximum absolute atomic E-state index is 5.98. The van der Waals surface area contributed by atoms with Crippen LogP contribution in [0.2, 0.25) is 0 Å². The van der Waals surface area contributed by atoms with E-state index >= 15 is 0 Å². The fourth-order valence-electron chi connectivity index (χ4n) is 2.75. The standard InChI is InChI=1S/C21H17BrN4O2/c1-27-17-8-4-15(5-9-17)20-11-10-18(28-20)12-25-26-19(13-24-21(26)23)14-2-6-16(22)7-3-14/h2-13H,1H3,(H2,23,24). The zero-order valence-electron chi connectivity index (χ0n) is 15.0. The molecule has 0 amide bonds. The quantitative estimate of drug-likeness (QED) is 0.444. The Balaban J connectivity index is 1.59. The lowest BCUT2D eigenvalue weighted by Crippen LogP contribution is -1.99. The van der Waals surface area contributed by atoms with Gasteiger partial charge in [-0.15, -0.1) is 0 Å². The second-order valence-corrected chi connectivity index (χ2v) is 6.91. The maximum Gasteiger partial charge on any atom is 0.221 e. The molecular formula is C21H17BrN4O2. The van der Waals surface area contributed by atoms with Gasteiger partial charge in [0.25, 0.3) is 0 Å². The Labute approximate surface area is 170 Å². The first-order valence-corrected chi connectivity index (χ1v) is 9.31. The van der Waals surface area contributed by atoms with Gasteiger partial charge in [-0.2, -0.15) is 9.78 Å². The summed E-state index contributed by atoms with van der Waals surface area (Å²) in [5.74, 6) is 2.46. The van der Waals surface area contributed by atoms with E-state index in [1.54, 1.807) is 24.2 Å². The molecule has 0 radical (unpaired) electrons. The van der Waals surface area contributed by atoms with Crippen LogP contribution in [0.25, 0.3) is 22.6 Å². The van der Waals surface area contributed by atoms with Crippen LogP contribution in [0.3, 0.4) is 0 Å². The molecule has 2 N–H and O–H groups in total. The molecule has 0 fully saturated rings. The Kier molecular flexibility index (Phi) is 4.99. The summed E-state index contributed by atoms with van der Waals surface area (Å²) in [6.45, 7) is 0. The molecule has 2 heterocycles. The molecule has 0 atom stereocenters. The molecule has 140 valence electrons. The molecule has 2 aromatic heterocycles. The van der Waals surface area contributed by atoms with E-state index in [1.807, 2.05) is 60.7 Å². The van der Waals surface area contributed by atoms with Crippen molar-refractivity contribution in [3.63, 3.8) is 0 Å². The first-order chi connectivity index (χ1) is 13.6. The average molecular weight is 437 g/mol. The smallest absolute Gasteiger partial charge is 0.221 e. The van der Waals surface area contributed by atoms with Gasteiger partial charge in [-0.05, 0) is 48.5 Å². The first kappa shape index (κ1) is 18.1. The van der Waals surface area contributed by atoms with E-state index < -0.39 is 0 Å². The van der Waals surface area contributed by atoms with Crippen LogP contribution < -0.4 is 10.5 Å². The average Bonchev–Trinajstić information content (AvgIpc) is 3.34. The normalized spacial score (nSPS) is 11.2. The van der Waals surface area contributed by atoms with Crippen LogP contribution in [0.15, 0.2) is 80.9 Å². The number of nitrogens with two attached hydrogens (primary N) is 1. The summed E-state index contributed by atoms with van der Waals surface area (Å²) in [7, 11) is 1.64. The number of furan rings is 1. The number of hydrogen-bond donors (Lipinski definition) is 1. The third kappa shape index (κ3) is 3.70. The molecule has 6 nitrogen and oxygen atoms in total. The number of nitrogens with zero attached hydrogens (tertiary/aromatic N) is 3. The van der Waals surface area contributed by atoms with E-state index in [4.69, 9.17) is 14.9 Å². The number of benzene rings is 2. The van der Waals surface area contributed by atoms with Gasteiger partial charge in [-0.1, -0.05) is 28.1 Å². The fraction of sp³-hybridized carbons (Fsp3) is 0.0476. The molecule has 0 saturated heterocycles. The Morgan fingerprint density at radius 3 is 2.46 bits per heavy atom. The van der Waals surface area contributed by atoms with Crippen molar-refractivity contribution in [3.8, 4) is 28.3 Å².